The van der Waals surface area contributed by atoms with E-state index in [4.69, 9.17) is 14.2 Å². The molecule has 446 valence electrons. The van der Waals surface area contributed by atoms with E-state index in [1.165, 1.54) is 199 Å². The van der Waals surface area contributed by atoms with Crippen LogP contribution in [-0.2, 0) is 28.6 Å². The molecule has 0 bridgehead atoms. The minimum atomic E-state index is -0.788. The van der Waals surface area contributed by atoms with E-state index in [0.29, 0.717) is 19.3 Å². The SMILES string of the molecule is CC/C=C\C/C=C\C/C=C\C/C=C\CCCCCCC(=O)OCC(COC(=O)CCCCCCCCCCC/C=C\C/C=C\CCCCCCC)OC(=O)CCCCCCCCCCCCCCCCCCCCCCC. The number of carbonyl (C=O) groups excluding carboxylic acids is 3. The summed E-state index contributed by atoms with van der Waals surface area (Å²) in [6.45, 7) is 6.55. The normalized spacial score (nSPS) is 12.5. The lowest BCUT2D eigenvalue weighted by Gasteiger charge is -2.18. The Kier molecular flexibility index (Phi) is 62.7. The molecule has 0 heterocycles. The Morgan fingerprint density at radius 1 is 0.273 bits per heavy atom. The van der Waals surface area contributed by atoms with Gasteiger partial charge in [-0.2, -0.15) is 0 Å². The Balaban J connectivity index is 4.37. The summed E-state index contributed by atoms with van der Waals surface area (Å²) in [5, 5.41) is 0. The lowest BCUT2D eigenvalue weighted by atomic mass is 10.0. The molecule has 1 atom stereocenters. The minimum absolute atomic E-state index is 0.0828. The topological polar surface area (TPSA) is 78.9 Å². The van der Waals surface area contributed by atoms with Crippen molar-refractivity contribution in [3.63, 3.8) is 0 Å². The number of allylic oxidation sites excluding steroid dienone is 12. The third-order valence-electron chi connectivity index (χ3n) is 14.7. The zero-order chi connectivity index (χ0) is 55.7. The number of esters is 3. The van der Waals surface area contributed by atoms with Gasteiger partial charge in [0.25, 0.3) is 0 Å². The molecule has 0 rings (SSSR count). The van der Waals surface area contributed by atoms with E-state index in [0.717, 1.165) is 103 Å². The Morgan fingerprint density at radius 2 is 0.506 bits per heavy atom. The maximum Gasteiger partial charge on any atom is 0.306 e. The van der Waals surface area contributed by atoms with Gasteiger partial charge in [0.1, 0.15) is 13.2 Å². The van der Waals surface area contributed by atoms with E-state index < -0.39 is 6.10 Å². The summed E-state index contributed by atoms with van der Waals surface area (Å²) in [7, 11) is 0. The highest BCUT2D eigenvalue weighted by Gasteiger charge is 2.19. The number of hydrogen-bond acceptors (Lipinski definition) is 6. The van der Waals surface area contributed by atoms with Crippen LogP contribution in [0.5, 0.6) is 0 Å². The molecule has 77 heavy (non-hydrogen) atoms. The number of carbonyl (C=O) groups is 3. The highest BCUT2D eigenvalue weighted by Crippen LogP contribution is 2.17. The van der Waals surface area contributed by atoms with Gasteiger partial charge < -0.3 is 14.2 Å². The van der Waals surface area contributed by atoms with Crippen LogP contribution in [0.3, 0.4) is 0 Å². The Labute approximate surface area is 478 Å². The van der Waals surface area contributed by atoms with Gasteiger partial charge in [-0.25, -0.2) is 0 Å². The first kappa shape index (κ1) is 73.8. The quantitative estimate of drug-likeness (QED) is 0.0261. The second kappa shape index (κ2) is 65.4. The van der Waals surface area contributed by atoms with Crippen molar-refractivity contribution >= 4 is 17.9 Å². The fraction of sp³-hybridized carbons (Fsp3) is 0.789. The van der Waals surface area contributed by atoms with Crippen molar-refractivity contribution in [2.24, 2.45) is 0 Å². The van der Waals surface area contributed by atoms with E-state index in [1.54, 1.807) is 0 Å². The summed E-state index contributed by atoms with van der Waals surface area (Å²) >= 11 is 0. The molecule has 0 saturated carbocycles. The zero-order valence-corrected chi connectivity index (χ0v) is 51.2. The van der Waals surface area contributed by atoms with Crippen LogP contribution in [-0.4, -0.2) is 37.2 Å². The van der Waals surface area contributed by atoms with E-state index in [2.05, 4.69) is 93.7 Å². The molecular weight excluding hydrogens is 949 g/mol. The van der Waals surface area contributed by atoms with Gasteiger partial charge in [0.15, 0.2) is 6.10 Å². The van der Waals surface area contributed by atoms with Crippen LogP contribution in [0.25, 0.3) is 0 Å². The fourth-order valence-corrected chi connectivity index (χ4v) is 9.70. The van der Waals surface area contributed by atoms with Gasteiger partial charge in [-0.1, -0.05) is 306 Å². The lowest BCUT2D eigenvalue weighted by Crippen LogP contribution is -2.30. The molecule has 6 nitrogen and oxygen atoms in total. The molecule has 0 aliphatic heterocycles. The molecule has 6 heteroatoms. The third kappa shape index (κ3) is 63.6. The van der Waals surface area contributed by atoms with Gasteiger partial charge in [0.05, 0.1) is 0 Å². The smallest absolute Gasteiger partial charge is 0.306 e. The van der Waals surface area contributed by atoms with Gasteiger partial charge in [-0.3, -0.25) is 14.4 Å². The predicted molar refractivity (Wildman–Crippen MR) is 335 cm³/mol. The molecule has 1 unspecified atom stereocenters. The minimum Gasteiger partial charge on any atom is -0.462 e. The van der Waals surface area contributed by atoms with Crippen LogP contribution in [0.15, 0.2) is 72.9 Å². The number of ether oxygens (including phenoxy) is 3. The highest BCUT2D eigenvalue weighted by molar-refractivity contribution is 5.71. The second-order valence-electron chi connectivity index (χ2n) is 22.4. The maximum atomic E-state index is 12.9. The monoisotopic (exact) mass is 1070 g/mol. The molecule has 0 aromatic carbocycles. The Bertz CT molecular complexity index is 1420. The summed E-state index contributed by atoms with van der Waals surface area (Å²) in [4.78, 5) is 38.4. The summed E-state index contributed by atoms with van der Waals surface area (Å²) in [5.74, 6) is -0.892. The zero-order valence-electron chi connectivity index (χ0n) is 51.2. The average molecular weight is 1080 g/mol. The van der Waals surface area contributed by atoms with Crippen LogP contribution in [0.2, 0.25) is 0 Å². The molecule has 0 aliphatic carbocycles. The van der Waals surface area contributed by atoms with Gasteiger partial charge in [-0.15, -0.1) is 0 Å². The number of unbranched alkanes of at least 4 members (excludes halogenated alkanes) is 38. The second-order valence-corrected chi connectivity index (χ2v) is 22.4. The number of hydrogen-bond donors (Lipinski definition) is 0. The molecule has 0 saturated heterocycles. The van der Waals surface area contributed by atoms with Crippen molar-refractivity contribution in [3.05, 3.63) is 72.9 Å². The van der Waals surface area contributed by atoms with E-state index >= 15 is 0 Å². The van der Waals surface area contributed by atoms with Crippen molar-refractivity contribution in [1.29, 1.82) is 0 Å². The lowest BCUT2D eigenvalue weighted by molar-refractivity contribution is -0.167. The summed E-state index contributed by atoms with van der Waals surface area (Å²) in [6, 6.07) is 0. The molecule has 0 aromatic heterocycles. The average Bonchev–Trinajstić information content (AvgIpc) is 3.43. The molecule has 0 radical (unpaired) electrons. The van der Waals surface area contributed by atoms with Crippen LogP contribution >= 0.6 is 0 Å². The predicted octanol–water partition coefficient (Wildman–Crippen LogP) is 22.9. The first-order chi connectivity index (χ1) is 38.0. The Morgan fingerprint density at radius 3 is 0.792 bits per heavy atom. The van der Waals surface area contributed by atoms with Crippen molar-refractivity contribution in [2.75, 3.05) is 13.2 Å². The molecular formula is C71H126O6. The molecule has 0 spiro atoms. The van der Waals surface area contributed by atoms with Crippen molar-refractivity contribution in [3.8, 4) is 0 Å². The van der Waals surface area contributed by atoms with Gasteiger partial charge in [0.2, 0.25) is 0 Å². The fourth-order valence-electron chi connectivity index (χ4n) is 9.70. The van der Waals surface area contributed by atoms with Crippen LogP contribution in [0, 0.1) is 0 Å². The molecule has 0 amide bonds. The van der Waals surface area contributed by atoms with Crippen LogP contribution in [0.1, 0.15) is 342 Å². The Hall–Kier alpha value is -3.15. The number of rotatable bonds is 61. The van der Waals surface area contributed by atoms with Gasteiger partial charge in [0, 0.05) is 19.3 Å². The van der Waals surface area contributed by atoms with Gasteiger partial charge in [-0.05, 0) is 89.9 Å². The summed E-state index contributed by atoms with van der Waals surface area (Å²) < 4.78 is 17.0. The van der Waals surface area contributed by atoms with Crippen LogP contribution < -0.4 is 0 Å². The first-order valence-corrected chi connectivity index (χ1v) is 33.4. The van der Waals surface area contributed by atoms with E-state index in [1.807, 2.05) is 0 Å². The molecule has 0 aromatic rings. The summed E-state index contributed by atoms with van der Waals surface area (Å²) in [6.07, 6.45) is 84.8. The largest absolute Gasteiger partial charge is 0.462 e. The first-order valence-electron chi connectivity index (χ1n) is 33.4. The van der Waals surface area contributed by atoms with Crippen molar-refractivity contribution in [2.45, 2.75) is 348 Å². The molecule has 0 fully saturated rings. The highest BCUT2D eigenvalue weighted by atomic mass is 16.6. The van der Waals surface area contributed by atoms with Crippen molar-refractivity contribution in [1.82, 2.24) is 0 Å². The van der Waals surface area contributed by atoms with Crippen molar-refractivity contribution < 1.29 is 28.6 Å². The summed E-state index contributed by atoms with van der Waals surface area (Å²) in [5.41, 5.74) is 0. The standard InChI is InChI=1S/C71H126O6/c1-4-7-10-13-16-19-22-25-28-31-33-35-37-40-43-46-49-52-55-58-61-64-70(73)76-67-68(66-75-69(72)63-60-57-54-51-48-45-42-39-30-27-24-21-18-15-12-9-6-3)77-71(74)65-62-59-56-53-50-47-44-41-38-36-34-32-29-26-23-20-17-14-11-8-5-2/h9,12,18,21-22,25,27,30-31,33,42,45,68H,4-8,10-11,13-17,19-20,23-24,26,28-29,32,34-41,43-44,46-67H2,1-3H3/b12-9-,21-18-,25-22-,30-27-,33-31-,45-42-. The maximum absolute atomic E-state index is 12.9. The van der Waals surface area contributed by atoms with Crippen LogP contribution in [0.4, 0.5) is 0 Å². The van der Waals surface area contributed by atoms with E-state index in [9.17, 15) is 14.4 Å². The molecule has 0 aliphatic rings. The molecule has 0 N–H and O–H groups in total. The van der Waals surface area contributed by atoms with Gasteiger partial charge >= 0.3 is 17.9 Å². The third-order valence-corrected chi connectivity index (χ3v) is 14.7. The van der Waals surface area contributed by atoms with E-state index in [-0.39, 0.29) is 31.1 Å².